The summed E-state index contributed by atoms with van der Waals surface area (Å²) >= 11 is 0. The maximum absolute atomic E-state index is 11.8. The first kappa shape index (κ1) is 23.0. The predicted octanol–water partition coefficient (Wildman–Crippen LogP) is 1.10. The Labute approximate surface area is 143 Å². The second-order valence-electron chi connectivity index (χ2n) is 6.28. The highest BCUT2D eigenvalue weighted by molar-refractivity contribution is 7.47. The summed E-state index contributed by atoms with van der Waals surface area (Å²) in [5, 5.41) is 0. The van der Waals surface area contributed by atoms with Crippen molar-refractivity contribution in [1.82, 2.24) is 0 Å². The number of carbonyl (C=O) groups is 2. The van der Waals surface area contributed by atoms with Crippen molar-refractivity contribution in [3.05, 3.63) is 0 Å². The normalized spacial score (nSPS) is 15.4. The van der Waals surface area contributed by atoms with Crippen LogP contribution in [0.25, 0.3) is 0 Å². The molecule has 0 aromatic heterocycles. The number of rotatable bonds is 12. The van der Waals surface area contributed by atoms with Gasteiger partial charge >= 0.3 is 19.8 Å². The molecular formula is C14H29NO8P+. The van der Waals surface area contributed by atoms with Gasteiger partial charge in [-0.2, -0.15) is 0 Å². The molecular weight excluding hydrogens is 341 g/mol. The predicted molar refractivity (Wildman–Crippen MR) is 86.0 cm³/mol. The van der Waals surface area contributed by atoms with Gasteiger partial charge in [-0.15, -0.1) is 0 Å². The molecule has 24 heavy (non-hydrogen) atoms. The Balaban J connectivity index is 4.38. The smallest absolute Gasteiger partial charge is 0.462 e. The fourth-order valence-corrected chi connectivity index (χ4v) is 2.20. The molecule has 0 aromatic carbocycles. The monoisotopic (exact) mass is 370 g/mol. The van der Waals surface area contributed by atoms with Crippen LogP contribution in [0.3, 0.4) is 0 Å². The van der Waals surface area contributed by atoms with E-state index in [4.69, 9.17) is 18.5 Å². The molecule has 0 aliphatic carbocycles. The highest BCUT2D eigenvalue weighted by atomic mass is 31.2. The van der Waals surface area contributed by atoms with E-state index in [0.29, 0.717) is 17.4 Å². The molecule has 0 radical (unpaired) electrons. The maximum atomic E-state index is 11.8. The Morgan fingerprint density at radius 3 is 2.29 bits per heavy atom. The molecule has 0 aliphatic rings. The van der Waals surface area contributed by atoms with Gasteiger partial charge in [-0.1, -0.05) is 6.92 Å². The number of likely N-dealkylation sites (N-methyl/N-ethyl adjacent to an activating group) is 1. The molecule has 10 heteroatoms. The molecule has 0 aliphatic heterocycles. The van der Waals surface area contributed by atoms with Crippen molar-refractivity contribution in [2.24, 2.45) is 0 Å². The molecule has 0 bridgehead atoms. The lowest BCUT2D eigenvalue weighted by molar-refractivity contribution is -0.870. The van der Waals surface area contributed by atoms with Crippen molar-refractivity contribution in [2.75, 3.05) is 47.5 Å². The summed E-state index contributed by atoms with van der Waals surface area (Å²) in [6, 6.07) is 0. The minimum Gasteiger partial charge on any atom is -0.462 e. The number of ether oxygens (including phenoxy) is 2. The molecule has 9 nitrogen and oxygen atoms in total. The first-order chi connectivity index (χ1) is 10.9. The van der Waals surface area contributed by atoms with Gasteiger partial charge in [0.1, 0.15) is 19.8 Å². The summed E-state index contributed by atoms with van der Waals surface area (Å²) in [6.07, 6.45) is -0.120. The minimum atomic E-state index is -4.28. The fourth-order valence-electron chi connectivity index (χ4n) is 1.46. The number of nitrogens with zero attached hydrogens (tertiary/aromatic N) is 1. The van der Waals surface area contributed by atoms with E-state index in [0.717, 1.165) is 0 Å². The second kappa shape index (κ2) is 10.8. The van der Waals surface area contributed by atoms with E-state index in [1.54, 1.807) is 0 Å². The number of hydrogen-bond acceptors (Lipinski definition) is 7. The number of esters is 2. The summed E-state index contributed by atoms with van der Waals surface area (Å²) < 4.78 is 31.8. The second-order valence-corrected chi connectivity index (χ2v) is 7.73. The summed E-state index contributed by atoms with van der Waals surface area (Å²) in [7, 11) is 1.45. The molecule has 0 aromatic rings. The van der Waals surface area contributed by atoms with Crippen LogP contribution in [0.2, 0.25) is 0 Å². The van der Waals surface area contributed by atoms with E-state index in [1.165, 1.54) is 6.92 Å². The van der Waals surface area contributed by atoms with Gasteiger partial charge in [0.2, 0.25) is 0 Å². The Morgan fingerprint density at radius 1 is 1.17 bits per heavy atom. The number of quaternary nitrogens is 1. The van der Waals surface area contributed by atoms with Gasteiger partial charge in [0, 0.05) is 13.3 Å². The van der Waals surface area contributed by atoms with Crippen LogP contribution in [0.4, 0.5) is 0 Å². The molecule has 0 fully saturated rings. The molecule has 2 atom stereocenters. The quantitative estimate of drug-likeness (QED) is 0.309. The van der Waals surface area contributed by atoms with E-state index in [-0.39, 0.29) is 19.6 Å². The molecule has 1 unspecified atom stereocenters. The Kier molecular flexibility index (Phi) is 10.3. The lowest BCUT2D eigenvalue weighted by Crippen LogP contribution is -2.37. The molecule has 0 rings (SSSR count). The zero-order valence-corrected chi connectivity index (χ0v) is 15.9. The van der Waals surface area contributed by atoms with Crippen molar-refractivity contribution in [3.8, 4) is 0 Å². The zero-order valence-electron chi connectivity index (χ0n) is 15.0. The first-order valence-corrected chi connectivity index (χ1v) is 9.20. The zero-order chi connectivity index (χ0) is 18.8. The van der Waals surface area contributed by atoms with Gasteiger partial charge in [0.05, 0.1) is 27.7 Å². The van der Waals surface area contributed by atoms with Crippen LogP contribution in [0.15, 0.2) is 0 Å². The van der Waals surface area contributed by atoms with Gasteiger partial charge in [0.15, 0.2) is 6.10 Å². The average molecular weight is 370 g/mol. The van der Waals surface area contributed by atoms with Crippen molar-refractivity contribution < 1.29 is 42.1 Å². The number of phosphoric acid groups is 1. The molecule has 0 saturated heterocycles. The van der Waals surface area contributed by atoms with Gasteiger partial charge in [0.25, 0.3) is 0 Å². The lowest BCUT2D eigenvalue weighted by atomic mass is 10.3. The average Bonchev–Trinajstić information content (AvgIpc) is 2.40. The van der Waals surface area contributed by atoms with Crippen LogP contribution in [0.5, 0.6) is 0 Å². The molecule has 1 N–H and O–H groups in total. The van der Waals surface area contributed by atoms with Crippen LogP contribution in [-0.4, -0.2) is 74.9 Å². The molecule has 142 valence electrons. The minimum absolute atomic E-state index is 0.0288. The lowest BCUT2D eigenvalue weighted by Gasteiger charge is -2.24. The summed E-state index contributed by atoms with van der Waals surface area (Å²) in [6.45, 7) is 2.87. The van der Waals surface area contributed by atoms with Crippen LogP contribution < -0.4 is 0 Å². The van der Waals surface area contributed by atoms with Crippen LogP contribution >= 0.6 is 7.82 Å². The fraction of sp³-hybridized carbons (Fsp3) is 0.857. The number of hydrogen-bond donors (Lipinski definition) is 1. The van der Waals surface area contributed by atoms with Gasteiger partial charge in [-0.3, -0.25) is 18.6 Å². The summed E-state index contributed by atoms with van der Waals surface area (Å²) in [5.74, 6) is -1.06. The summed E-state index contributed by atoms with van der Waals surface area (Å²) in [5.41, 5.74) is 0. The van der Waals surface area contributed by atoms with Crippen molar-refractivity contribution in [1.29, 1.82) is 0 Å². The van der Waals surface area contributed by atoms with E-state index < -0.39 is 32.5 Å². The van der Waals surface area contributed by atoms with E-state index in [9.17, 15) is 19.0 Å². The SMILES string of the molecule is CCCC(=O)OC[C@H](COP(=O)(O)OCC[N+](C)(C)C)OC(C)=O. The van der Waals surface area contributed by atoms with Gasteiger partial charge in [-0.05, 0) is 6.42 Å². The van der Waals surface area contributed by atoms with E-state index >= 15 is 0 Å². The summed E-state index contributed by atoms with van der Waals surface area (Å²) in [4.78, 5) is 32.0. The van der Waals surface area contributed by atoms with E-state index in [2.05, 4.69) is 0 Å². The molecule has 0 spiro atoms. The highest BCUT2D eigenvalue weighted by Gasteiger charge is 2.26. The van der Waals surface area contributed by atoms with E-state index in [1.807, 2.05) is 28.1 Å². The molecule has 0 amide bonds. The number of phosphoric ester groups is 1. The Hall–Kier alpha value is -0.990. The standard InChI is InChI=1S/C14H28NO8P/c1-6-7-14(17)20-10-13(23-12(2)16)11-22-24(18,19)21-9-8-15(3,4)5/h13H,6-11H2,1-5H3/p+1/t13-/m1/s1. The Bertz CT molecular complexity index is 449. The van der Waals surface area contributed by atoms with Crippen molar-refractivity contribution in [2.45, 2.75) is 32.8 Å². The molecule has 0 heterocycles. The molecule has 0 saturated carbocycles. The van der Waals surface area contributed by atoms with Crippen LogP contribution in [0, 0.1) is 0 Å². The van der Waals surface area contributed by atoms with Gasteiger partial charge in [-0.25, -0.2) is 4.57 Å². The van der Waals surface area contributed by atoms with Crippen molar-refractivity contribution in [3.63, 3.8) is 0 Å². The van der Waals surface area contributed by atoms with Gasteiger partial charge < -0.3 is 18.9 Å². The maximum Gasteiger partial charge on any atom is 0.472 e. The third-order valence-corrected chi connectivity index (χ3v) is 3.64. The van der Waals surface area contributed by atoms with Crippen LogP contribution in [-0.2, 0) is 32.7 Å². The third-order valence-electron chi connectivity index (χ3n) is 2.66. The largest absolute Gasteiger partial charge is 0.472 e. The topological polar surface area (TPSA) is 108 Å². The highest BCUT2D eigenvalue weighted by Crippen LogP contribution is 2.43. The Morgan fingerprint density at radius 2 is 1.79 bits per heavy atom. The van der Waals surface area contributed by atoms with Crippen LogP contribution in [0.1, 0.15) is 26.7 Å². The first-order valence-electron chi connectivity index (χ1n) is 7.70. The van der Waals surface area contributed by atoms with Crippen molar-refractivity contribution >= 4 is 19.8 Å². The third kappa shape index (κ3) is 13.4. The number of carbonyl (C=O) groups excluding carboxylic acids is 2.